The highest BCUT2D eigenvalue weighted by Gasteiger charge is 2.56. The van der Waals surface area contributed by atoms with Crippen LogP contribution in [0.3, 0.4) is 0 Å². The SMILES string of the molecule is Cn1ccc2cccc([C@@H]3[C@@H](N)C3(C)C)c21. The summed E-state index contributed by atoms with van der Waals surface area (Å²) in [5, 5.41) is 1.31. The smallest absolute Gasteiger partial charge is 0.0513 e. The van der Waals surface area contributed by atoms with Crippen LogP contribution < -0.4 is 5.73 Å². The molecule has 1 aliphatic carbocycles. The van der Waals surface area contributed by atoms with Gasteiger partial charge in [0.25, 0.3) is 0 Å². The normalized spacial score (nSPS) is 27.2. The highest BCUT2D eigenvalue weighted by Crippen LogP contribution is 2.58. The van der Waals surface area contributed by atoms with Gasteiger partial charge in [-0.2, -0.15) is 0 Å². The average molecular weight is 214 g/mol. The number of hydrogen-bond donors (Lipinski definition) is 1. The zero-order valence-corrected chi connectivity index (χ0v) is 10.1. The van der Waals surface area contributed by atoms with Crippen molar-refractivity contribution < 1.29 is 0 Å². The summed E-state index contributed by atoms with van der Waals surface area (Å²) in [7, 11) is 2.10. The van der Waals surface area contributed by atoms with Crippen molar-refractivity contribution in [3.05, 3.63) is 36.0 Å². The fourth-order valence-corrected chi connectivity index (χ4v) is 2.91. The molecule has 1 fully saturated rings. The first kappa shape index (κ1) is 9.91. The van der Waals surface area contributed by atoms with Crippen molar-refractivity contribution >= 4 is 10.9 Å². The van der Waals surface area contributed by atoms with Crippen molar-refractivity contribution in [3.8, 4) is 0 Å². The predicted molar refractivity (Wildman–Crippen MR) is 67.4 cm³/mol. The Morgan fingerprint density at radius 2 is 1.94 bits per heavy atom. The molecule has 2 N–H and O–H groups in total. The van der Waals surface area contributed by atoms with Crippen LogP contribution in [0.25, 0.3) is 10.9 Å². The molecule has 0 amide bonds. The van der Waals surface area contributed by atoms with Gasteiger partial charge in [-0.15, -0.1) is 0 Å². The maximum atomic E-state index is 6.18. The molecule has 3 rings (SSSR count). The monoisotopic (exact) mass is 214 g/mol. The van der Waals surface area contributed by atoms with Crippen molar-refractivity contribution in [1.29, 1.82) is 0 Å². The second-order valence-electron chi connectivity index (χ2n) is 5.54. The maximum absolute atomic E-state index is 6.18. The lowest BCUT2D eigenvalue weighted by Crippen LogP contribution is -2.06. The van der Waals surface area contributed by atoms with E-state index < -0.39 is 0 Å². The Kier molecular flexibility index (Phi) is 1.79. The lowest BCUT2D eigenvalue weighted by Gasteiger charge is -2.07. The molecule has 2 nitrogen and oxygen atoms in total. The lowest BCUT2D eigenvalue weighted by molar-refractivity contribution is 0.599. The second-order valence-corrected chi connectivity index (χ2v) is 5.54. The van der Waals surface area contributed by atoms with Gasteiger partial charge in [0.05, 0.1) is 5.52 Å². The number of benzene rings is 1. The average Bonchev–Trinajstić information content (AvgIpc) is 2.60. The van der Waals surface area contributed by atoms with Crippen LogP contribution in [-0.2, 0) is 7.05 Å². The molecule has 1 heterocycles. The van der Waals surface area contributed by atoms with Crippen LogP contribution in [0, 0.1) is 5.41 Å². The van der Waals surface area contributed by atoms with Crippen LogP contribution >= 0.6 is 0 Å². The van der Waals surface area contributed by atoms with Gasteiger partial charge < -0.3 is 10.3 Å². The molecule has 0 spiro atoms. The number of aromatic nitrogens is 1. The zero-order chi connectivity index (χ0) is 11.5. The Balaban J connectivity index is 2.22. The Bertz CT molecular complexity index is 551. The molecule has 0 unspecified atom stereocenters. The Hall–Kier alpha value is -1.28. The molecule has 1 aromatic heterocycles. The minimum absolute atomic E-state index is 0.249. The van der Waals surface area contributed by atoms with Crippen molar-refractivity contribution in [3.63, 3.8) is 0 Å². The molecule has 84 valence electrons. The molecule has 16 heavy (non-hydrogen) atoms. The molecule has 0 aliphatic heterocycles. The highest BCUT2D eigenvalue weighted by molar-refractivity contribution is 5.84. The van der Waals surface area contributed by atoms with E-state index in [9.17, 15) is 0 Å². The maximum Gasteiger partial charge on any atom is 0.0513 e. The van der Waals surface area contributed by atoms with Crippen molar-refractivity contribution in [2.24, 2.45) is 18.2 Å². The third-order valence-electron chi connectivity index (χ3n) is 4.17. The number of hydrogen-bond acceptors (Lipinski definition) is 1. The van der Waals surface area contributed by atoms with E-state index >= 15 is 0 Å². The van der Waals surface area contributed by atoms with E-state index in [0.29, 0.717) is 12.0 Å². The Labute approximate surface area is 96.1 Å². The van der Waals surface area contributed by atoms with E-state index in [-0.39, 0.29) is 5.41 Å². The summed E-state index contributed by atoms with van der Waals surface area (Å²) in [4.78, 5) is 0. The van der Waals surface area contributed by atoms with Gasteiger partial charge in [0.1, 0.15) is 0 Å². The molecular formula is C14H18N2. The number of fused-ring (bicyclic) bond motifs is 1. The van der Waals surface area contributed by atoms with Crippen LogP contribution in [0.4, 0.5) is 0 Å². The summed E-state index contributed by atoms with van der Waals surface area (Å²) in [5.41, 5.74) is 9.17. The predicted octanol–water partition coefficient (Wildman–Crippen LogP) is 2.63. The van der Waals surface area contributed by atoms with E-state index in [2.05, 4.69) is 55.9 Å². The number of rotatable bonds is 1. The minimum atomic E-state index is 0.249. The molecule has 0 bridgehead atoms. The third kappa shape index (κ3) is 1.11. The van der Waals surface area contributed by atoms with Crippen LogP contribution in [-0.4, -0.2) is 10.6 Å². The van der Waals surface area contributed by atoms with E-state index in [1.165, 1.54) is 16.5 Å². The molecule has 2 aromatic rings. The molecule has 2 atom stereocenters. The van der Waals surface area contributed by atoms with Gasteiger partial charge in [-0.25, -0.2) is 0 Å². The highest BCUT2D eigenvalue weighted by atomic mass is 14.9. The summed E-state index contributed by atoms with van der Waals surface area (Å²) < 4.78 is 2.20. The summed E-state index contributed by atoms with van der Waals surface area (Å²) in [6.45, 7) is 4.51. The Morgan fingerprint density at radius 3 is 2.56 bits per heavy atom. The minimum Gasteiger partial charge on any atom is -0.350 e. The molecule has 1 saturated carbocycles. The number of aryl methyl sites for hydroxylation is 1. The first-order valence-electron chi connectivity index (χ1n) is 5.83. The van der Waals surface area contributed by atoms with E-state index in [4.69, 9.17) is 5.73 Å². The van der Waals surface area contributed by atoms with Gasteiger partial charge >= 0.3 is 0 Å². The fraction of sp³-hybridized carbons (Fsp3) is 0.429. The summed E-state index contributed by atoms with van der Waals surface area (Å²) in [6.07, 6.45) is 2.12. The van der Waals surface area contributed by atoms with Crippen LogP contribution in [0.15, 0.2) is 30.5 Å². The summed E-state index contributed by atoms with van der Waals surface area (Å²) in [5.74, 6) is 0.504. The number of para-hydroxylation sites is 1. The summed E-state index contributed by atoms with van der Waals surface area (Å²) in [6, 6.07) is 8.99. The van der Waals surface area contributed by atoms with Gasteiger partial charge in [-0.05, 0) is 22.4 Å². The molecule has 0 saturated heterocycles. The zero-order valence-electron chi connectivity index (χ0n) is 10.1. The van der Waals surface area contributed by atoms with Crippen molar-refractivity contribution in [1.82, 2.24) is 4.57 Å². The summed E-state index contributed by atoms with van der Waals surface area (Å²) >= 11 is 0. The second kappa shape index (κ2) is 2.89. The van der Waals surface area contributed by atoms with Gasteiger partial charge in [0.2, 0.25) is 0 Å². The fourth-order valence-electron chi connectivity index (χ4n) is 2.91. The van der Waals surface area contributed by atoms with Gasteiger partial charge in [-0.3, -0.25) is 0 Å². The largest absolute Gasteiger partial charge is 0.350 e. The van der Waals surface area contributed by atoms with Crippen LogP contribution in [0.5, 0.6) is 0 Å². The van der Waals surface area contributed by atoms with Crippen LogP contribution in [0.1, 0.15) is 25.3 Å². The van der Waals surface area contributed by atoms with Crippen molar-refractivity contribution in [2.75, 3.05) is 0 Å². The number of nitrogens with two attached hydrogens (primary N) is 1. The molecule has 1 aromatic carbocycles. The quantitative estimate of drug-likeness (QED) is 0.777. The topological polar surface area (TPSA) is 30.9 Å². The van der Waals surface area contributed by atoms with E-state index in [0.717, 1.165) is 0 Å². The molecule has 0 radical (unpaired) electrons. The molecular weight excluding hydrogens is 196 g/mol. The van der Waals surface area contributed by atoms with Crippen molar-refractivity contribution in [2.45, 2.75) is 25.8 Å². The standard InChI is InChI=1S/C14H18N2/c1-14(2)11(13(14)15)10-6-4-5-9-7-8-16(3)12(9)10/h4-8,11,13H,15H2,1-3H3/t11-,13-/m1/s1. The van der Waals surface area contributed by atoms with E-state index in [1.807, 2.05) is 0 Å². The van der Waals surface area contributed by atoms with Crippen LogP contribution in [0.2, 0.25) is 0 Å². The number of nitrogens with zero attached hydrogens (tertiary/aromatic N) is 1. The van der Waals surface area contributed by atoms with Gasteiger partial charge in [0.15, 0.2) is 0 Å². The third-order valence-corrected chi connectivity index (χ3v) is 4.17. The first-order valence-corrected chi connectivity index (χ1v) is 5.83. The molecule has 2 heteroatoms. The van der Waals surface area contributed by atoms with Gasteiger partial charge in [0, 0.05) is 25.2 Å². The Morgan fingerprint density at radius 1 is 1.25 bits per heavy atom. The molecule has 1 aliphatic rings. The van der Waals surface area contributed by atoms with E-state index in [1.54, 1.807) is 0 Å². The van der Waals surface area contributed by atoms with Gasteiger partial charge in [-0.1, -0.05) is 32.0 Å². The lowest BCUT2D eigenvalue weighted by atomic mass is 10.0. The first-order chi connectivity index (χ1) is 7.53.